The smallest absolute Gasteiger partial charge is 0.328 e. The number of rotatable bonds is 3. The van der Waals surface area contributed by atoms with Gasteiger partial charge in [-0.25, -0.2) is 9.78 Å². The average Bonchev–Trinajstić information content (AvgIpc) is 2.85. The van der Waals surface area contributed by atoms with Crippen molar-refractivity contribution in [3.63, 3.8) is 0 Å². The Labute approximate surface area is 94.3 Å². The Bertz CT molecular complexity index is 485. The van der Waals surface area contributed by atoms with Gasteiger partial charge < -0.3 is 5.11 Å². The summed E-state index contributed by atoms with van der Waals surface area (Å²) in [5, 5.41) is 11.4. The topological polar surface area (TPSA) is 50.2 Å². The maximum atomic E-state index is 10.3. The van der Waals surface area contributed by atoms with E-state index in [9.17, 15) is 4.79 Å². The lowest BCUT2D eigenvalue weighted by Crippen LogP contribution is -1.84. The van der Waals surface area contributed by atoms with Crippen LogP contribution >= 0.6 is 22.7 Å². The van der Waals surface area contributed by atoms with Crippen LogP contribution < -0.4 is 0 Å². The van der Waals surface area contributed by atoms with Crippen LogP contribution in [-0.2, 0) is 4.79 Å². The molecule has 2 aromatic heterocycles. The molecule has 0 radical (unpaired) electrons. The van der Waals surface area contributed by atoms with Crippen molar-refractivity contribution in [1.82, 2.24) is 4.98 Å². The van der Waals surface area contributed by atoms with Gasteiger partial charge in [0.2, 0.25) is 0 Å². The minimum atomic E-state index is -0.943. The lowest BCUT2D eigenvalue weighted by Gasteiger charge is -1.85. The quantitative estimate of drug-likeness (QED) is 0.835. The van der Waals surface area contributed by atoms with Crippen molar-refractivity contribution < 1.29 is 9.90 Å². The molecule has 2 heterocycles. The van der Waals surface area contributed by atoms with E-state index in [4.69, 9.17) is 5.11 Å². The number of thiophene rings is 1. The fourth-order valence-electron chi connectivity index (χ4n) is 1.03. The fraction of sp³-hybridized carbons (Fsp3) is 0. The number of aromatic nitrogens is 1. The van der Waals surface area contributed by atoms with Crippen LogP contribution in [0.3, 0.4) is 0 Å². The number of carbonyl (C=O) groups is 1. The Morgan fingerprint density at radius 2 is 2.40 bits per heavy atom. The highest BCUT2D eigenvalue weighted by atomic mass is 32.1. The highest BCUT2D eigenvalue weighted by molar-refractivity contribution is 7.21. The maximum absolute atomic E-state index is 10.3. The average molecular weight is 237 g/mol. The van der Waals surface area contributed by atoms with Crippen molar-refractivity contribution in [2.24, 2.45) is 0 Å². The monoisotopic (exact) mass is 237 g/mol. The molecule has 2 rings (SSSR count). The Balaban J connectivity index is 2.21. The summed E-state index contributed by atoms with van der Waals surface area (Å²) in [6, 6.07) is 3.96. The third-order valence-electron chi connectivity index (χ3n) is 1.65. The van der Waals surface area contributed by atoms with Crippen molar-refractivity contribution >= 4 is 34.7 Å². The van der Waals surface area contributed by atoms with Gasteiger partial charge in [0.25, 0.3) is 0 Å². The molecule has 0 unspecified atom stereocenters. The molecule has 0 amide bonds. The van der Waals surface area contributed by atoms with E-state index < -0.39 is 5.97 Å². The number of thiazole rings is 1. The van der Waals surface area contributed by atoms with Crippen LogP contribution in [0, 0.1) is 0 Å². The second-order valence-electron chi connectivity index (χ2n) is 2.72. The van der Waals surface area contributed by atoms with Gasteiger partial charge in [0.15, 0.2) is 0 Å². The lowest BCUT2D eigenvalue weighted by atomic mass is 10.4. The number of nitrogens with zero attached hydrogens (tertiary/aromatic N) is 1. The van der Waals surface area contributed by atoms with Crippen molar-refractivity contribution in [2.75, 3.05) is 0 Å². The van der Waals surface area contributed by atoms with E-state index in [1.165, 1.54) is 11.3 Å². The van der Waals surface area contributed by atoms with Crippen molar-refractivity contribution in [3.05, 3.63) is 34.7 Å². The van der Waals surface area contributed by atoms with E-state index in [-0.39, 0.29) is 0 Å². The first-order chi connectivity index (χ1) is 7.25. The third-order valence-corrected chi connectivity index (χ3v) is 3.65. The van der Waals surface area contributed by atoms with Gasteiger partial charge in [-0.05, 0) is 17.5 Å². The molecular weight excluding hydrogens is 230 g/mol. The standard InChI is InChI=1S/C10H7NO2S2/c12-9(13)4-3-7-6-11-10(15-7)8-2-1-5-14-8/h1-6H,(H,12,13)/b4-3+. The Kier molecular flexibility index (Phi) is 2.94. The van der Waals surface area contributed by atoms with Crippen LogP contribution in [-0.4, -0.2) is 16.1 Å². The molecule has 0 aromatic carbocycles. The highest BCUT2D eigenvalue weighted by Gasteiger charge is 2.03. The largest absolute Gasteiger partial charge is 0.478 e. The molecule has 0 spiro atoms. The summed E-state index contributed by atoms with van der Waals surface area (Å²) < 4.78 is 0. The molecule has 0 bridgehead atoms. The number of carboxylic acid groups (broad SMARTS) is 1. The van der Waals surface area contributed by atoms with E-state index in [2.05, 4.69) is 4.98 Å². The Hall–Kier alpha value is -1.46. The van der Waals surface area contributed by atoms with Crippen LogP contribution in [0.15, 0.2) is 29.8 Å². The van der Waals surface area contributed by atoms with Gasteiger partial charge in [-0.3, -0.25) is 0 Å². The summed E-state index contributed by atoms with van der Waals surface area (Å²) in [6.07, 6.45) is 4.35. The summed E-state index contributed by atoms with van der Waals surface area (Å²) in [5.41, 5.74) is 0. The highest BCUT2D eigenvalue weighted by Crippen LogP contribution is 2.29. The number of aliphatic carboxylic acids is 1. The molecule has 2 aromatic rings. The molecule has 0 saturated heterocycles. The molecule has 5 heteroatoms. The van der Waals surface area contributed by atoms with Gasteiger partial charge in [0.05, 0.1) is 4.88 Å². The first-order valence-corrected chi connectivity index (χ1v) is 5.86. The van der Waals surface area contributed by atoms with Gasteiger partial charge in [0.1, 0.15) is 5.01 Å². The van der Waals surface area contributed by atoms with Gasteiger partial charge in [0, 0.05) is 17.2 Å². The summed E-state index contributed by atoms with van der Waals surface area (Å²) in [7, 11) is 0. The zero-order valence-electron chi connectivity index (χ0n) is 7.58. The minimum absolute atomic E-state index is 0.848. The van der Waals surface area contributed by atoms with Crippen molar-refractivity contribution in [2.45, 2.75) is 0 Å². The minimum Gasteiger partial charge on any atom is -0.478 e. The van der Waals surface area contributed by atoms with E-state index in [1.54, 1.807) is 23.6 Å². The van der Waals surface area contributed by atoms with E-state index >= 15 is 0 Å². The predicted octanol–water partition coefficient (Wildman–Crippen LogP) is 2.97. The van der Waals surface area contributed by atoms with E-state index in [0.29, 0.717) is 0 Å². The van der Waals surface area contributed by atoms with Crippen molar-refractivity contribution in [3.8, 4) is 9.88 Å². The molecule has 76 valence electrons. The van der Waals surface area contributed by atoms with E-state index in [1.807, 2.05) is 17.5 Å². The zero-order valence-corrected chi connectivity index (χ0v) is 9.22. The number of hydrogen-bond acceptors (Lipinski definition) is 4. The normalized spacial score (nSPS) is 10.9. The van der Waals surface area contributed by atoms with Crippen LogP contribution in [0.4, 0.5) is 0 Å². The molecule has 1 N–H and O–H groups in total. The zero-order chi connectivity index (χ0) is 10.7. The first-order valence-electron chi connectivity index (χ1n) is 4.16. The predicted molar refractivity (Wildman–Crippen MR) is 62.1 cm³/mol. The van der Waals surface area contributed by atoms with Crippen LogP contribution in [0.5, 0.6) is 0 Å². The SMILES string of the molecule is O=C(O)/C=C/c1cnc(-c2cccs2)s1. The Morgan fingerprint density at radius 1 is 1.53 bits per heavy atom. The molecule has 0 aliphatic rings. The number of hydrogen-bond donors (Lipinski definition) is 1. The Morgan fingerprint density at radius 3 is 3.07 bits per heavy atom. The molecule has 0 saturated carbocycles. The molecular formula is C10H7NO2S2. The lowest BCUT2D eigenvalue weighted by molar-refractivity contribution is -0.131. The van der Waals surface area contributed by atoms with Gasteiger partial charge in [-0.1, -0.05) is 6.07 Å². The molecule has 0 fully saturated rings. The molecule has 3 nitrogen and oxygen atoms in total. The molecule has 0 atom stereocenters. The summed E-state index contributed by atoms with van der Waals surface area (Å²) in [6.45, 7) is 0. The van der Waals surface area contributed by atoms with Gasteiger partial charge in [-0.2, -0.15) is 0 Å². The number of carboxylic acids is 1. The van der Waals surface area contributed by atoms with Gasteiger partial charge >= 0.3 is 5.97 Å². The van der Waals surface area contributed by atoms with E-state index in [0.717, 1.165) is 20.8 Å². The molecule has 15 heavy (non-hydrogen) atoms. The van der Waals surface area contributed by atoms with Crippen LogP contribution in [0.1, 0.15) is 4.88 Å². The summed E-state index contributed by atoms with van der Waals surface area (Å²) in [5.74, 6) is -0.943. The second-order valence-corrected chi connectivity index (χ2v) is 4.73. The van der Waals surface area contributed by atoms with Crippen LogP contribution in [0.25, 0.3) is 16.0 Å². The fourth-order valence-corrected chi connectivity index (χ4v) is 2.65. The summed E-state index contributed by atoms with van der Waals surface area (Å²) >= 11 is 3.10. The maximum Gasteiger partial charge on any atom is 0.328 e. The van der Waals surface area contributed by atoms with Crippen molar-refractivity contribution in [1.29, 1.82) is 0 Å². The molecule has 0 aliphatic carbocycles. The van der Waals surface area contributed by atoms with Crippen LogP contribution in [0.2, 0.25) is 0 Å². The van der Waals surface area contributed by atoms with Gasteiger partial charge in [-0.15, -0.1) is 22.7 Å². The first kappa shape index (κ1) is 10.1. The molecule has 0 aliphatic heterocycles. The third kappa shape index (κ3) is 2.51. The second kappa shape index (κ2) is 4.37. The summed E-state index contributed by atoms with van der Waals surface area (Å²) in [4.78, 5) is 16.5.